The fourth-order valence-electron chi connectivity index (χ4n) is 1.84. The molecule has 0 aliphatic rings. The van der Waals surface area contributed by atoms with Gasteiger partial charge in [-0.1, -0.05) is 60.7 Å². The van der Waals surface area contributed by atoms with Crippen LogP contribution in [-0.2, 0) is 0 Å². The highest BCUT2D eigenvalue weighted by molar-refractivity contribution is 7.73. The van der Waals surface area contributed by atoms with E-state index in [1.165, 1.54) is 10.6 Å². The zero-order chi connectivity index (χ0) is 12.8. The lowest BCUT2D eigenvalue weighted by atomic mass is 10.4. The van der Waals surface area contributed by atoms with Gasteiger partial charge in [0.2, 0.25) is 0 Å². The Labute approximate surface area is 109 Å². The fraction of sp³-hybridized carbons (Fsp3) is 0.200. The van der Waals surface area contributed by atoms with E-state index >= 15 is 0 Å². The molecule has 0 amide bonds. The van der Waals surface area contributed by atoms with Gasteiger partial charge in [-0.05, 0) is 18.5 Å². The number of hydrogen-bond acceptors (Lipinski definition) is 2. The van der Waals surface area contributed by atoms with E-state index in [2.05, 4.69) is 24.3 Å². The lowest BCUT2D eigenvalue weighted by molar-refractivity contribution is 0.113. The van der Waals surface area contributed by atoms with Crippen molar-refractivity contribution >= 4 is 18.5 Å². The summed E-state index contributed by atoms with van der Waals surface area (Å²) in [6, 6.07) is 20.4. The molecule has 0 unspecified atom stereocenters. The second-order valence-corrected chi connectivity index (χ2v) is 6.37. The first-order valence-electron chi connectivity index (χ1n) is 5.98. The van der Waals surface area contributed by atoms with Gasteiger partial charge < -0.3 is 10.2 Å². The summed E-state index contributed by atoms with van der Waals surface area (Å²) in [5, 5.41) is 21.2. The van der Waals surface area contributed by atoms with Crippen molar-refractivity contribution in [1.82, 2.24) is 0 Å². The van der Waals surface area contributed by atoms with E-state index in [4.69, 9.17) is 5.11 Å². The SMILES string of the molecule is OC[C@@H](O)CP(c1ccccc1)c1ccccc1. The average molecular weight is 260 g/mol. The molecule has 2 aromatic carbocycles. The molecule has 0 saturated carbocycles. The molecule has 2 N–H and O–H groups in total. The quantitative estimate of drug-likeness (QED) is 0.799. The van der Waals surface area contributed by atoms with E-state index in [0.717, 1.165) is 0 Å². The van der Waals surface area contributed by atoms with Crippen LogP contribution in [0.2, 0.25) is 0 Å². The van der Waals surface area contributed by atoms with Crippen LogP contribution in [0, 0.1) is 0 Å². The normalized spacial score (nSPS) is 12.6. The molecule has 1 atom stereocenters. The van der Waals surface area contributed by atoms with Crippen LogP contribution in [0.1, 0.15) is 0 Å². The minimum Gasteiger partial charge on any atom is -0.394 e. The lowest BCUT2D eigenvalue weighted by Gasteiger charge is -2.20. The Morgan fingerprint density at radius 1 is 0.833 bits per heavy atom. The van der Waals surface area contributed by atoms with E-state index < -0.39 is 14.0 Å². The van der Waals surface area contributed by atoms with Crippen LogP contribution in [0.5, 0.6) is 0 Å². The highest BCUT2D eigenvalue weighted by Gasteiger charge is 2.17. The number of aliphatic hydroxyl groups is 2. The number of benzene rings is 2. The Hall–Kier alpha value is -1.21. The molecule has 0 aliphatic carbocycles. The molecule has 2 nitrogen and oxygen atoms in total. The molecule has 0 bridgehead atoms. The van der Waals surface area contributed by atoms with Gasteiger partial charge in [0.1, 0.15) is 0 Å². The van der Waals surface area contributed by atoms with Gasteiger partial charge >= 0.3 is 0 Å². The van der Waals surface area contributed by atoms with Gasteiger partial charge in [-0.25, -0.2) is 0 Å². The zero-order valence-corrected chi connectivity index (χ0v) is 11.0. The Kier molecular flexibility index (Phi) is 4.89. The van der Waals surface area contributed by atoms with Crippen molar-refractivity contribution < 1.29 is 10.2 Å². The third-order valence-corrected chi connectivity index (χ3v) is 5.37. The summed E-state index contributed by atoms with van der Waals surface area (Å²) >= 11 is 0. The van der Waals surface area contributed by atoms with Crippen LogP contribution >= 0.6 is 7.92 Å². The molecule has 3 heteroatoms. The third-order valence-electron chi connectivity index (χ3n) is 2.74. The Morgan fingerprint density at radius 2 is 1.28 bits per heavy atom. The van der Waals surface area contributed by atoms with Gasteiger partial charge in [-0.2, -0.15) is 0 Å². The smallest absolute Gasteiger partial charge is 0.0815 e. The molecule has 0 saturated heterocycles. The summed E-state index contributed by atoms with van der Waals surface area (Å²) in [7, 11) is -0.606. The molecule has 0 spiro atoms. The molecule has 2 aromatic rings. The molecule has 0 aromatic heterocycles. The van der Waals surface area contributed by atoms with E-state index in [0.29, 0.717) is 6.16 Å². The van der Waals surface area contributed by atoms with Gasteiger partial charge in [0.05, 0.1) is 12.7 Å². The van der Waals surface area contributed by atoms with Gasteiger partial charge in [-0.15, -0.1) is 0 Å². The van der Waals surface area contributed by atoms with Crippen LogP contribution in [0.3, 0.4) is 0 Å². The minimum atomic E-state index is -0.656. The van der Waals surface area contributed by atoms with Gasteiger partial charge in [0.25, 0.3) is 0 Å². The number of hydrogen-bond donors (Lipinski definition) is 2. The summed E-state index contributed by atoms with van der Waals surface area (Å²) in [4.78, 5) is 0. The highest BCUT2D eigenvalue weighted by atomic mass is 31.1. The van der Waals surface area contributed by atoms with Crippen molar-refractivity contribution in [2.24, 2.45) is 0 Å². The summed E-state index contributed by atoms with van der Waals surface area (Å²) in [5.41, 5.74) is 0. The largest absolute Gasteiger partial charge is 0.394 e. The van der Waals surface area contributed by atoms with Crippen molar-refractivity contribution in [2.45, 2.75) is 6.10 Å². The monoisotopic (exact) mass is 260 g/mol. The topological polar surface area (TPSA) is 40.5 Å². The third kappa shape index (κ3) is 3.39. The van der Waals surface area contributed by atoms with Crippen molar-refractivity contribution in [1.29, 1.82) is 0 Å². The van der Waals surface area contributed by atoms with Crippen LogP contribution in [0.15, 0.2) is 60.7 Å². The van der Waals surface area contributed by atoms with E-state index in [1.807, 2.05) is 36.4 Å². The maximum atomic E-state index is 9.72. The van der Waals surface area contributed by atoms with Crippen molar-refractivity contribution in [2.75, 3.05) is 12.8 Å². The minimum absolute atomic E-state index is 0.182. The lowest BCUT2D eigenvalue weighted by Crippen LogP contribution is -2.23. The first-order valence-corrected chi connectivity index (χ1v) is 7.50. The second-order valence-electron chi connectivity index (χ2n) is 4.12. The molecule has 94 valence electrons. The molecule has 0 fully saturated rings. The summed E-state index contributed by atoms with van der Waals surface area (Å²) in [6.45, 7) is -0.182. The summed E-state index contributed by atoms with van der Waals surface area (Å²) < 4.78 is 0. The van der Waals surface area contributed by atoms with Gasteiger partial charge in [0.15, 0.2) is 0 Å². The molecule has 0 aliphatic heterocycles. The van der Waals surface area contributed by atoms with Crippen LogP contribution < -0.4 is 10.6 Å². The van der Waals surface area contributed by atoms with Crippen LogP contribution in [0.4, 0.5) is 0 Å². The maximum absolute atomic E-state index is 9.72. The first-order chi connectivity index (χ1) is 8.81. The predicted molar refractivity (Wildman–Crippen MR) is 77.0 cm³/mol. The molecule has 18 heavy (non-hydrogen) atoms. The van der Waals surface area contributed by atoms with Gasteiger partial charge in [-0.3, -0.25) is 0 Å². The molecular formula is C15H17O2P. The van der Waals surface area contributed by atoms with Gasteiger partial charge in [0, 0.05) is 6.16 Å². The molecule has 0 radical (unpaired) electrons. The van der Waals surface area contributed by atoms with E-state index in [9.17, 15) is 5.11 Å². The zero-order valence-electron chi connectivity index (χ0n) is 10.1. The number of aliphatic hydroxyl groups excluding tert-OH is 2. The predicted octanol–water partition coefficient (Wildman–Crippen LogP) is 1.47. The molecule has 0 heterocycles. The van der Waals surface area contributed by atoms with E-state index in [1.54, 1.807) is 0 Å². The maximum Gasteiger partial charge on any atom is 0.0815 e. The summed E-state index contributed by atoms with van der Waals surface area (Å²) in [6.07, 6.45) is -0.0589. The standard InChI is InChI=1S/C15H17O2P/c16-11-13(17)12-18(14-7-3-1-4-8-14)15-9-5-2-6-10-15/h1-10,13,16-17H,11-12H2/t13-/m1/s1. The summed E-state index contributed by atoms with van der Waals surface area (Å²) in [5.74, 6) is 0. The Morgan fingerprint density at radius 3 is 1.67 bits per heavy atom. The van der Waals surface area contributed by atoms with E-state index in [-0.39, 0.29) is 6.61 Å². The molecular weight excluding hydrogens is 243 g/mol. The van der Waals surface area contributed by atoms with Crippen LogP contribution in [0.25, 0.3) is 0 Å². The highest BCUT2D eigenvalue weighted by Crippen LogP contribution is 2.33. The van der Waals surface area contributed by atoms with Crippen molar-refractivity contribution in [3.63, 3.8) is 0 Å². The molecule has 2 rings (SSSR count). The average Bonchev–Trinajstić information content (AvgIpc) is 2.46. The fourth-order valence-corrected chi connectivity index (χ4v) is 4.17. The first kappa shape index (κ1) is 13.2. The van der Waals surface area contributed by atoms with Crippen molar-refractivity contribution in [3.8, 4) is 0 Å². The number of rotatable bonds is 5. The Balaban J connectivity index is 2.29. The Bertz CT molecular complexity index is 419. The van der Waals surface area contributed by atoms with Crippen LogP contribution in [-0.4, -0.2) is 29.1 Å². The van der Waals surface area contributed by atoms with Crippen molar-refractivity contribution in [3.05, 3.63) is 60.7 Å². The second kappa shape index (κ2) is 6.65.